The Morgan fingerprint density at radius 2 is 0.667 bits per heavy atom. The number of hydrogen-bond acceptors (Lipinski definition) is 1. The van der Waals surface area contributed by atoms with Gasteiger partial charge in [0, 0.05) is 22.3 Å². The standard InChI is InChI=1S/C30H60Cl2S/c1-3-5-7-9-11-13-15-17-19-23-29(25-21-27-31)33-30(26-22-28-32)24-20-18-16-14-12-10-8-6-4-2/h29-30H,3-28H2,1-2H3. The molecule has 0 aromatic heterocycles. The lowest BCUT2D eigenvalue weighted by atomic mass is 10.0. The molecule has 2 atom stereocenters. The second-order valence-corrected chi connectivity index (χ2v) is 12.6. The third-order valence-corrected chi connectivity index (χ3v) is 9.21. The van der Waals surface area contributed by atoms with Crippen molar-refractivity contribution >= 4 is 35.0 Å². The number of rotatable bonds is 28. The van der Waals surface area contributed by atoms with E-state index in [1.165, 1.54) is 154 Å². The van der Waals surface area contributed by atoms with Crippen LogP contribution in [0.2, 0.25) is 0 Å². The molecule has 0 rings (SSSR count). The Morgan fingerprint density at radius 3 is 0.970 bits per heavy atom. The van der Waals surface area contributed by atoms with Gasteiger partial charge in [-0.1, -0.05) is 129 Å². The summed E-state index contributed by atoms with van der Waals surface area (Å²) in [6.45, 7) is 4.60. The van der Waals surface area contributed by atoms with Crippen LogP contribution in [0.5, 0.6) is 0 Å². The highest BCUT2D eigenvalue weighted by Gasteiger charge is 2.17. The van der Waals surface area contributed by atoms with Gasteiger partial charge in [0.1, 0.15) is 0 Å². The average Bonchev–Trinajstić information content (AvgIpc) is 2.83. The van der Waals surface area contributed by atoms with Crippen LogP contribution in [0.3, 0.4) is 0 Å². The Labute approximate surface area is 224 Å². The summed E-state index contributed by atoms with van der Waals surface area (Å²) in [7, 11) is 0. The largest absolute Gasteiger partial charge is 0.155 e. The number of alkyl halides is 2. The van der Waals surface area contributed by atoms with Crippen molar-refractivity contribution in [3.63, 3.8) is 0 Å². The van der Waals surface area contributed by atoms with Crippen molar-refractivity contribution in [1.82, 2.24) is 0 Å². The van der Waals surface area contributed by atoms with Gasteiger partial charge in [0.05, 0.1) is 0 Å². The Balaban J connectivity index is 4.10. The van der Waals surface area contributed by atoms with E-state index in [1.807, 2.05) is 0 Å². The first-order valence-corrected chi connectivity index (χ1v) is 17.1. The van der Waals surface area contributed by atoms with E-state index in [0.717, 1.165) is 22.3 Å². The molecular weight excluding hydrogens is 463 g/mol. The van der Waals surface area contributed by atoms with Gasteiger partial charge in [0.25, 0.3) is 0 Å². The minimum Gasteiger partial charge on any atom is -0.155 e. The zero-order chi connectivity index (χ0) is 24.2. The molecule has 0 fully saturated rings. The summed E-state index contributed by atoms with van der Waals surface area (Å²) < 4.78 is 0. The minimum absolute atomic E-state index is 0.812. The predicted octanol–water partition coefficient (Wildman–Crippen LogP) is 12.3. The summed E-state index contributed by atoms with van der Waals surface area (Å²) in [6.07, 6.45) is 33.4. The first-order chi connectivity index (χ1) is 16.3. The second-order valence-electron chi connectivity index (χ2n) is 10.3. The SMILES string of the molecule is CCCCCCCCCCCC(CCCCl)SC(CCCCl)CCCCCCCCCCC. The molecule has 0 aliphatic heterocycles. The van der Waals surface area contributed by atoms with Gasteiger partial charge in [-0.3, -0.25) is 0 Å². The summed E-state index contributed by atoms with van der Waals surface area (Å²) in [6, 6.07) is 0. The third kappa shape index (κ3) is 25.8. The summed E-state index contributed by atoms with van der Waals surface area (Å²) in [5.74, 6) is 1.64. The molecule has 0 bridgehead atoms. The zero-order valence-corrected chi connectivity index (χ0v) is 25.0. The van der Waals surface area contributed by atoms with Crippen LogP contribution in [-0.2, 0) is 0 Å². The van der Waals surface area contributed by atoms with Crippen LogP contribution in [0, 0.1) is 0 Å². The molecule has 0 aliphatic carbocycles. The molecule has 0 radical (unpaired) electrons. The van der Waals surface area contributed by atoms with Gasteiger partial charge in [-0.05, 0) is 38.5 Å². The van der Waals surface area contributed by atoms with Crippen molar-refractivity contribution in [2.75, 3.05) is 11.8 Å². The molecule has 0 aliphatic rings. The number of thioether (sulfide) groups is 1. The zero-order valence-electron chi connectivity index (χ0n) is 22.7. The smallest absolute Gasteiger partial charge is 0.0223 e. The second kappa shape index (κ2) is 29.2. The Bertz CT molecular complexity index is 318. The summed E-state index contributed by atoms with van der Waals surface area (Å²) in [4.78, 5) is 0. The first-order valence-electron chi connectivity index (χ1n) is 15.1. The molecule has 0 nitrogen and oxygen atoms in total. The molecule has 0 aromatic carbocycles. The van der Waals surface area contributed by atoms with E-state index in [9.17, 15) is 0 Å². The molecule has 0 N–H and O–H groups in total. The normalized spacial score (nSPS) is 13.5. The van der Waals surface area contributed by atoms with Crippen LogP contribution in [0.15, 0.2) is 0 Å². The summed E-state index contributed by atoms with van der Waals surface area (Å²) in [5.41, 5.74) is 0. The lowest BCUT2D eigenvalue weighted by molar-refractivity contribution is 0.539. The summed E-state index contributed by atoms with van der Waals surface area (Å²) >= 11 is 14.4. The van der Waals surface area contributed by atoms with Gasteiger partial charge < -0.3 is 0 Å². The number of halogens is 2. The van der Waals surface area contributed by atoms with Crippen LogP contribution in [-0.4, -0.2) is 22.3 Å². The van der Waals surface area contributed by atoms with Crippen LogP contribution >= 0.6 is 35.0 Å². The van der Waals surface area contributed by atoms with Gasteiger partial charge in [-0.15, -0.1) is 23.2 Å². The van der Waals surface area contributed by atoms with E-state index in [1.54, 1.807) is 0 Å². The molecule has 0 amide bonds. The van der Waals surface area contributed by atoms with Gasteiger partial charge >= 0.3 is 0 Å². The van der Waals surface area contributed by atoms with E-state index in [4.69, 9.17) is 23.2 Å². The lowest BCUT2D eigenvalue weighted by Gasteiger charge is -2.23. The maximum absolute atomic E-state index is 6.07. The number of unbranched alkanes of at least 4 members (excludes halogenated alkanes) is 16. The topological polar surface area (TPSA) is 0 Å². The fourth-order valence-corrected chi connectivity index (χ4v) is 6.87. The van der Waals surface area contributed by atoms with Gasteiger partial charge in [-0.2, -0.15) is 11.8 Å². The highest BCUT2D eigenvalue weighted by atomic mass is 35.5. The van der Waals surface area contributed by atoms with Crippen LogP contribution in [0.25, 0.3) is 0 Å². The molecule has 3 heteroatoms. The maximum atomic E-state index is 6.07. The van der Waals surface area contributed by atoms with E-state index < -0.39 is 0 Å². The minimum atomic E-state index is 0.812. The molecule has 200 valence electrons. The fraction of sp³-hybridized carbons (Fsp3) is 1.00. The van der Waals surface area contributed by atoms with E-state index in [-0.39, 0.29) is 0 Å². The van der Waals surface area contributed by atoms with Crippen molar-refractivity contribution in [3.8, 4) is 0 Å². The molecule has 0 spiro atoms. The molecule has 0 aromatic rings. The fourth-order valence-electron chi connectivity index (χ4n) is 4.81. The van der Waals surface area contributed by atoms with Crippen LogP contribution in [0.4, 0.5) is 0 Å². The van der Waals surface area contributed by atoms with Crippen molar-refractivity contribution in [2.24, 2.45) is 0 Å². The highest BCUT2D eigenvalue weighted by molar-refractivity contribution is 8.00. The molecule has 0 saturated heterocycles. The average molecular weight is 524 g/mol. The van der Waals surface area contributed by atoms with Crippen molar-refractivity contribution < 1.29 is 0 Å². The monoisotopic (exact) mass is 522 g/mol. The predicted molar refractivity (Wildman–Crippen MR) is 159 cm³/mol. The van der Waals surface area contributed by atoms with Gasteiger partial charge in [-0.25, -0.2) is 0 Å². The molecule has 0 saturated carbocycles. The summed E-state index contributed by atoms with van der Waals surface area (Å²) in [5, 5.41) is 1.62. The Morgan fingerprint density at radius 1 is 0.394 bits per heavy atom. The Hall–Kier alpha value is 0.930. The van der Waals surface area contributed by atoms with E-state index in [0.29, 0.717) is 0 Å². The third-order valence-electron chi connectivity index (χ3n) is 6.96. The molecule has 0 heterocycles. The quantitative estimate of drug-likeness (QED) is 0.0726. The van der Waals surface area contributed by atoms with E-state index >= 15 is 0 Å². The van der Waals surface area contributed by atoms with Crippen molar-refractivity contribution in [1.29, 1.82) is 0 Å². The maximum Gasteiger partial charge on any atom is 0.0223 e. The molecule has 2 unspecified atom stereocenters. The highest BCUT2D eigenvalue weighted by Crippen LogP contribution is 2.32. The Kier molecular flexibility index (Phi) is 30.0. The van der Waals surface area contributed by atoms with Crippen molar-refractivity contribution in [3.05, 3.63) is 0 Å². The van der Waals surface area contributed by atoms with Crippen LogP contribution in [0.1, 0.15) is 168 Å². The molecular formula is C30H60Cl2S. The van der Waals surface area contributed by atoms with Gasteiger partial charge in [0.2, 0.25) is 0 Å². The molecule has 33 heavy (non-hydrogen) atoms. The lowest BCUT2D eigenvalue weighted by Crippen LogP contribution is -2.13. The number of hydrogen-bond donors (Lipinski definition) is 0. The first kappa shape index (κ1) is 33.9. The van der Waals surface area contributed by atoms with Gasteiger partial charge in [0.15, 0.2) is 0 Å². The van der Waals surface area contributed by atoms with Crippen molar-refractivity contribution in [2.45, 2.75) is 178 Å². The van der Waals surface area contributed by atoms with E-state index in [2.05, 4.69) is 25.6 Å². The van der Waals surface area contributed by atoms with Crippen LogP contribution < -0.4 is 0 Å².